The van der Waals surface area contributed by atoms with Gasteiger partial charge in [0.05, 0.1) is 6.42 Å². The van der Waals surface area contributed by atoms with Crippen LogP contribution in [0.4, 0.5) is 0 Å². The summed E-state index contributed by atoms with van der Waals surface area (Å²) in [5.41, 5.74) is 3.45. The van der Waals surface area contributed by atoms with Crippen molar-refractivity contribution in [2.24, 2.45) is 0 Å². The zero-order valence-electron chi connectivity index (χ0n) is 11.4. The van der Waals surface area contributed by atoms with Crippen molar-refractivity contribution in [3.8, 4) is 0 Å². The molecule has 0 radical (unpaired) electrons. The van der Waals surface area contributed by atoms with Crippen molar-refractivity contribution >= 4 is 16.8 Å². The van der Waals surface area contributed by atoms with Crippen molar-refractivity contribution in [3.05, 3.63) is 47.7 Å². The second-order valence-electron chi connectivity index (χ2n) is 5.13. The largest absolute Gasteiger partial charge is 0.361 e. The average Bonchev–Trinajstić information content (AvgIpc) is 2.90. The number of rotatable bonds is 4. The maximum atomic E-state index is 12.0. The molecule has 0 fully saturated rings. The molecule has 20 heavy (non-hydrogen) atoms. The standard InChI is InChI=1S/C16H19N3O/c20-16(19-10-12-5-7-17-8-6-12)9-13-11-18-15-4-2-1-3-14(13)15/h1-5,11,17-18H,6-10H2,(H,19,20). The van der Waals surface area contributed by atoms with Crippen molar-refractivity contribution in [3.63, 3.8) is 0 Å². The lowest BCUT2D eigenvalue weighted by Crippen LogP contribution is -2.30. The lowest BCUT2D eigenvalue weighted by Gasteiger charge is -2.14. The summed E-state index contributed by atoms with van der Waals surface area (Å²) in [6.45, 7) is 2.58. The Morgan fingerprint density at radius 1 is 1.30 bits per heavy atom. The molecule has 104 valence electrons. The smallest absolute Gasteiger partial charge is 0.224 e. The molecule has 0 saturated carbocycles. The number of benzene rings is 1. The topological polar surface area (TPSA) is 56.9 Å². The first-order chi connectivity index (χ1) is 9.83. The van der Waals surface area contributed by atoms with Crippen LogP contribution in [0.1, 0.15) is 12.0 Å². The Kier molecular flexibility index (Phi) is 3.83. The number of aromatic amines is 1. The van der Waals surface area contributed by atoms with Crippen molar-refractivity contribution in [2.45, 2.75) is 12.8 Å². The molecule has 2 heterocycles. The molecule has 0 aliphatic carbocycles. The minimum absolute atomic E-state index is 0.0779. The summed E-state index contributed by atoms with van der Waals surface area (Å²) in [6.07, 6.45) is 5.53. The minimum Gasteiger partial charge on any atom is -0.361 e. The van der Waals surface area contributed by atoms with Gasteiger partial charge in [0.25, 0.3) is 0 Å². The number of aromatic nitrogens is 1. The van der Waals surface area contributed by atoms with E-state index in [2.05, 4.69) is 21.7 Å². The molecule has 1 amide bonds. The number of amides is 1. The average molecular weight is 269 g/mol. The highest BCUT2D eigenvalue weighted by Crippen LogP contribution is 2.17. The van der Waals surface area contributed by atoms with E-state index >= 15 is 0 Å². The first kappa shape index (κ1) is 12.9. The van der Waals surface area contributed by atoms with Gasteiger partial charge in [-0.2, -0.15) is 0 Å². The zero-order chi connectivity index (χ0) is 13.8. The van der Waals surface area contributed by atoms with Crippen LogP contribution in [0.2, 0.25) is 0 Å². The summed E-state index contributed by atoms with van der Waals surface area (Å²) in [5, 5.41) is 7.40. The summed E-state index contributed by atoms with van der Waals surface area (Å²) >= 11 is 0. The molecular weight excluding hydrogens is 250 g/mol. The first-order valence-corrected chi connectivity index (χ1v) is 7.03. The Balaban J connectivity index is 1.60. The van der Waals surface area contributed by atoms with E-state index in [1.807, 2.05) is 30.5 Å². The van der Waals surface area contributed by atoms with Gasteiger partial charge < -0.3 is 15.6 Å². The lowest BCUT2D eigenvalue weighted by atomic mass is 10.1. The van der Waals surface area contributed by atoms with Gasteiger partial charge in [-0.15, -0.1) is 0 Å². The van der Waals surface area contributed by atoms with Crippen molar-refractivity contribution in [1.82, 2.24) is 15.6 Å². The Labute approximate surface area is 118 Å². The van der Waals surface area contributed by atoms with Crippen LogP contribution in [0, 0.1) is 0 Å². The van der Waals surface area contributed by atoms with E-state index in [1.165, 1.54) is 5.57 Å². The van der Waals surface area contributed by atoms with Crippen LogP contribution < -0.4 is 10.6 Å². The predicted octanol–water partition coefficient (Wildman–Crippen LogP) is 1.75. The maximum absolute atomic E-state index is 12.0. The van der Waals surface area contributed by atoms with Gasteiger partial charge >= 0.3 is 0 Å². The van der Waals surface area contributed by atoms with Crippen LogP contribution in [0.3, 0.4) is 0 Å². The van der Waals surface area contributed by atoms with Gasteiger partial charge in [-0.25, -0.2) is 0 Å². The van der Waals surface area contributed by atoms with Crippen molar-refractivity contribution < 1.29 is 4.79 Å². The van der Waals surface area contributed by atoms with E-state index < -0.39 is 0 Å². The summed E-state index contributed by atoms with van der Waals surface area (Å²) < 4.78 is 0. The minimum atomic E-state index is 0.0779. The fraction of sp³-hybridized carbons (Fsp3) is 0.312. The molecule has 1 aromatic carbocycles. The fourth-order valence-electron chi connectivity index (χ4n) is 2.56. The molecule has 0 unspecified atom stereocenters. The third-order valence-electron chi connectivity index (χ3n) is 3.70. The summed E-state index contributed by atoms with van der Waals surface area (Å²) in [5.74, 6) is 0.0779. The summed E-state index contributed by atoms with van der Waals surface area (Å²) in [7, 11) is 0. The molecule has 3 N–H and O–H groups in total. The maximum Gasteiger partial charge on any atom is 0.224 e. The quantitative estimate of drug-likeness (QED) is 0.741. The molecule has 2 aromatic rings. The van der Waals surface area contributed by atoms with E-state index in [0.29, 0.717) is 13.0 Å². The molecule has 1 aliphatic rings. The van der Waals surface area contributed by atoms with E-state index in [-0.39, 0.29) is 5.91 Å². The van der Waals surface area contributed by atoms with Crippen LogP contribution in [0.25, 0.3) is 10.9 Å². The Morgan fingerprint density at radius 2 is 2.20 bits per heavy atom. The van der Waals surface area contributed by atoms with Gasteiger partial charge in [0.15, 0.2) is 0 Å². The van der Waals surface area contributed by atoms with Crippen molar-refractivity contribution in [1.29, 1.82) is 0 Å². The molecule has 1 aliphatic heterocycles. The van der Waals surface area contributed by atoms with E-state index in [0.717, 1.165) is 36.0 Å². The molecule has 0 saturated heterocycles. The van der Waals surface area contributed by atoms with Crippen LogP contribution in [0.5, 0.6) is 0 Å². The van der Waals surface area contributed by atoms with E-state index in [4.69, 9.17) is 0 Å². The summed E-state index contributed by atoms with van der Waals surface area (Å²) in [6, 6.07) is 8.06. The number of hydrogen-bond acceptors (Lipinski definition) is 2. The zero-order valence-corrected chi connectivity index (χ0v) is 11.4. The second kappa shape index (κ2) is 5.92. The number of carbonyl (C=O) groups excluding carboxylic acids is 1. The number of hydrogen-bond donors (Lipinski definition) is 3. The number of carbonyl (C=O) groups is 1. The number of para-hydroxylation sites is 1. The highest BCUT2D eigenvalue weighted by molar-refractivity contribution is 5.88. The molecule has 1 aromatic heterocycles. The summed E-state index contributed by atoms with van der Waals surface area (Å²) in [4.78, 5) is 15.2. The molecule has 4 nitrogen and oxygen atoms in total. The Hall–Kier alpha value is -2.07. The highest BCUT2D eigenvalue weighted by Gasteiger charge is 2.09. The van der Waals surface area contributed by atoms with Gasteiger partial charge in [0.1, 0.15) is 0 Å². The van der Waals surface area contributed by atoms with Gasteiger partial charge in [0, 0.05) is 30.2 Å². The normalized spacial score (nSPS) is 15.1. The van der Waals surface area contributed by atoms with Crippen LogP contribution in [0.15, 0.2) is 42.1 Å². The molecular formula is C16H19N3O. The lowest BCUT2D eigenvalue weighted by molar-refractivity contribution is -0.120. The molecule has 3 rings (SSSR count). The van der Waals surface area contributed by atoms with Crippen molar-refractivity contribution in [2.75, 3.05) is 19.6 Å². The highest BCUT2D eigenvalue weighted by atomic mass is 16.1. The van der Waals surface area contributed by atoms with Gasteiger partial charge in [-0.05, 0) is 24.6 Å². The third-order valence-corrected chi connectivity index (χ3v) is 3.70. The third kappa shape index (κ3) is 2.91. The van der Waals surface area contributed by atoms with E-state index in [9.17, 15) is 4.79 Å². The first-order valence-electron chi connectivity index (χ1n) is 7.03. The number of H-pyrrole nitrogens is 1. The predicted molar refractivity (Wildman–Crippen MR) is 80.6 cm³/mol. The molecule has 0 atom stereocenters. The molecule has 0 spiro atoms. The fourth-order valence-corrected chi connectivity index (χ4v) is 2.56. The number of nitrogens with one attached hydrogen (secondary N) is 3. The van der Waals surface area contributed by atoms with Gasteiger partial charge in [0.2, 0.25) is 5.91 Å². The second-order valence-corrected chi connectivity index (χ2v) is 5.13. The monoisotopic (exact) mass is 269 g/mol. The molecule has 0 bridgehead atoms. The molecule has 4 heteroatoms. The SMILES string of the molecule is O=C(Cc1c[nH]c2ccccc12)NCC1=CCNCC1. The van der Waals surface area contributed by atoms with E-state index in [1.54, 1.807) is 0 Å². The van der Waals surface area contributed by atoms with Gasteiger partial charge in [-0.3, -0.25) is 4.79 Å². The Morgan fingerprint density at radius 3 is 3.05 bits per heavy atom. The van der Waals surface area contributed by atoms with Gasteiger partial charge in [-0.1, -0.05) is 29.8 Å². The number of fused-ring (bicyclic) bond motifs is 1. The van der Waals surface area contributed by atoms with Crippen LogP contribution in [-0.4, -0.2) is 30.5 Å². The Bertz CT molecular complexity index is 642. The van der Waals surface area contributed by atoms with Crippen LogP contribution >= 0.6 is 0 Å². The van der Waals surface area contributed by atoms with Crippen LogP contribution in [-0.2, 0) is 11.2 Å².